The van der Waals surface area contributed by atoms with Crippen LogP contribution in [0.3, 0.4) is 0 Å². The summed E-state index contributed by atoms with van der Waals surface area (Å²) in [5, 5.41) is 4.38. The SMILES string of the molecule is CC(Cc1cccc(Cl)c1)NC(C)c1cccnc1. The molecule has 1 aromatic heterocycles. The summed E-state index contributed by atoms with van der Waals surface area (Å²) in [5.74, 6) is 0. The maximum Gasteiger partial charge on any atom is 0.0408 e. The van der Waals surface area contributed by atoms with E-state index in [4.69, 9.17) is 11.6 Å². The molecule has 0 aliphatic carbocycles. The molecular weight excluding hydrogens is 256 g/mol. The molecular formula is C16H19ClN2. The first-order valence-corrected chi connectivity index (χ1v) is 6.93. The third kappa shape index (κ3) is 4.34. The molecule has 1 aromatic carbocycles. The van der Waals surface area contributed by atoms with E-state index in [1.54, 1.807) is 6.20 Å². The van der Waals surface area contributed by atoms with Gasteiger partial charge >= 0.3 is 0 Å². The van der Waals surface area contributed by atoms with Crippen molar-refractivity contribution in [3.05, 3.63) is 64.9 Å². The maximum absolute atomic E-state index is 6.00. The fraction of sp³-hybridized carbons (Fsp3) is 0.312. The summed E-state index contributed by atoms with van der Waals surface area (Å²) in [5.41, 5.74) is 2.46. The molecule has 2 aromatic rings. The molecule has 0 saturated carbocycles. The van der Waals surface area contributed by atoms with Gasteiger partial charge in [-0.1, -0.05) is 29.8 Å². The van der Waals surface area contributed by atoms with Crippen LogP contribution in [0.25, 0.3) is 0 Å². The monoisotopic (exact) mass is 274 g/mol. The molecule has 3 heteroatoms. The molecule has 0 fully saturated rings. The molecule has 0 aliphatic heterocycles. The first-order chi connectivity index (χ1) is 9.15. The van der Waals surface area contributed by atoms with Gasteiger partial charge in [0.1, 0.15) is 0 Å². The van der Waals surface area contributed by atoms with Gasteiger partial charge in [0, 0.05) is 29.5 Å². The zero-order valence-corrected chi connectivity index (χ0v) is 12.1. The van der Waals surface area contributed by atoms with Gasteiger partial charge in [0.05, 0.1) is 0 Å². The summed E-state index contributed by atoms with van der Waals surface area (Å²) in [4.78, 5) is 4.15. The largest absolute Gasteiger partial charge is 0.307 e. The zero-order valence-electron chi connectivity index (χ0n) is 11.3. The lowest BCUT2D eigenvalue weighted by atomic mass is 10.0. The minimum Gasteiger partial charge on any atom is -0.307 e. The van der Waals surface area contributed by atoms with Crippen LogP contribution in [0.15, 0.2) is 48.8 Å². The Hall–Kier alpha value is -1.38. The van der Waals surface area contributed by atoms with Crippen LogP contribution in [0.2, 0.25) is 5.02 Å². The van der Waals surface area contributed by atoms with E-state index in [0.717, 1.165) is 11.4 Å². The molecule has 2 rings (SSSR count). The van der Waals surface area contributed by atoms with Gasteiger partial charge in [0.15, 0.2) is 0 Å². The van der Waals surface area contributed by atoms with Crippen LogP contribution in [0.5, 0.6) is 0 Å². The first-order valence-electron chi connectivity index (χ1n) is 6.55. The number of rotatable bonds is 5. The molecule has 0 amide bonds. The van der Waals surface area contributed by atoms with Crippen molar-refractivity contribution < 1.29 is 0 Å². The van der Waals surface area contributed by atoms with Gasteiger partial charge < -0.3 is 5.32 Å². The Morgan fingerprint density at radius 2 is 2.05 bits per heavy atom. The molecule has 1 heterocycles. The van der Waals surface area contributed by atoms with Gasteiger partial charge in [0.25, 0.3) is 0 Å². The van der Waals surface area contributed by atoms with Gasteiger partial charge in [-0.3, -0.25) is 4.98 Å². The molecule has 2 atom stereocenters. The van der Waals surface area contributed by atoms with Crippen molar-refractivity contribution in [3.8, 4) is 0 Å². The summed E-state index contributed by atoms with van der Waals surface area (Å²) in [7, 11) is 0. The lowest BCUT2D eigenvalue weighted by Crippen LogP contribution is -2.30. The summed E-state index contributed by atoms with van der Waals surface area (Å²) < 4.78 is 0. The second-order valence-electron chi connectivity index (χ2n) is 4.91. The average molecular weight is 275 g/mol. The fourth-order valence-electron chi connectivity index (χ4n) is 2.23. The number of nitrogens with one attached hydrogen (secondary N) is 1. The van der Waals surface area contributed by atoms with E-state index in [1.165, 1.54) is 11.1 Å². The maximum atomic E-state index is 6.00. The Labute approximate surface area is 119 Å². The van der Waals surface area contributed by atoms with E-state index in [2.05, 4.69) is 36.3 Å². The van der Waals surface area contributed by atoms with Gasteiger partial charge in [-0.25, -0.2) is 0 Å². The Morgan fingerprint density at radius 1 is 1.21 bits per heavy atom. The third-order valence-corrected chi connectivity index (χ3v) is 3.38. The quantitative estimate of drug-likeness (QED) is 0.891. The van der Waals surface area contributed by atoms with Crippen LogP contribution in [-0.2, 0) is 6.42 Å². The predicted molar refractivity (Wildman–Crippen MR) is 80.4 cm³/mol. The van der Waals surface area contributed by atoms with Crippen LogP contribution in [0.1, 0.15) is 31.0 Å². The molecule has 2 unspecified atom stereocenters. The first kappa shape index (κ1) is 14.0. The summed E-state index contributed by atoms with van der Waals surface area (Å²) in [6, 6.07) is 12.8. The van der Waals surface area contributed by atoms with Crippen molar-refractivity contribution in [2.75, 3.05) is 0 Å². The molecule has 100 valence electrons. The number of aromatic nitrogens is 1. The third-order valence-electron chi connectivity index (χ3n) is 3.15. The molecule has 19 heavy (non-hydrogen) atoms. The number of halogens is 1. The molecule has 0 bridgehead atoms. The average Bonchev–Trinajstić information content (AvgIpc) is 2.39. The summed E-state index contributed by atoms with van der Waals surface area (Å²) >= 11 is 6.00. The lowest BCUT2D eigenvalue weighted by Gasteiger charge is -2.20. The van der Waals surface area contributed by atoms with E-state index < -0.39 is 0 Å². The van der Waals surface area contributed by atoms with E-state index in [9.17, 15) is 0 Å². The van der Waals surface area contributed by atoms with E-state index in [1.807, 2.05) is 30.5 Å². The van der Waals surface area contributed by atoms with Crippen molar-refractivity contribution in [1.29, 1.82) is 0 Å². The lowest BCUT2D eigenvalue weighted by molar-refractivity contribution is 0.476. The highest BCUT2D eigenvalue weighted by molar-refractivity contribution is 6.30. The number of hydrogen-bond donors (Lipinski definition) is 1. The van der Waals surface area contributed by atoms with E-state index in [0.29, 0.717) is 12.1 Å². The molecule has 0 saturated heterocycles. The van der Waals surface area contributed by atoms with Crippen LogP contribution in [-0.4, -0.2) is 11.0 Å². The minimum absolute atomic E-state index is 0.294. The zero-order chi connectivity index (χ0) is 13.7. The summed E-state index contributed by atoms with van der Waals surface area (Å²) in [6.45, 7) is 4.35. The normalized spacial score (nSPS) is 14.1. The van der Waals surface area contributed by atoms with Crippen molar-refractivity contribution in [2.24, 2.45) is 0 Å². The van der Waals surface area contributed by atoms with Gasteiger partial charge in [-0.15, -0.1) is 0 Å². The minimum atomic E-state index is 0.294. The van der Waals surface area contributed by atoms with Crippen molar-refractivity contribution in [3.63, 3.8) is 0 Å². The van der Waals surface area contributed by atoms with Gasteiger partial charge in [-0.05, 0) is 49.6 Å². The Balaban J connectivity index is 1.92. The molecule has 1 N–H and O–H groups in total. The molecule has 0 spiro atoms. The van der Waals surface area contributed by atoms with Crippen LogP contribution >= 0.6 is 11.6 Å². The van der Waals surface area contributed by atoms with E-state index in [-0.39, 0.29) is 0 Å². The van der Waals surface area contributed by atoms with Crippen LogP contribution in [0, 0.1) is 0 Å². The fourth-order valence-corrected chi connectivity index (χ4v) is 2.44. The van der Waals surface area contributed by atoms with Gasteiger partial charge in [0.2, 0.25) is 0 Å². The van der Waals surface area contributed by atoms with E-state index >= 15 is 0 Å². The number of benzene rings is 1. The van der Waals surface area contributed by atoms with Crippen molar-refractivity contribution in [2.45, 2.75) is 32.4 Å². The topological polar surface area (TPSA) is 24.9 Å². The molecule has 0 aliphatic rings. The van der Waals surface area contributed by atoms with Crippen LogP contribution < -0.4 is 5.32 Å². The second kappa shape index (κ2) is 6.69. The standard InChI is InChI=1S/C16H19ClN2/c1-12(9-14-5-3-7-16(17)10-14)19-13(2)15-6-4-8-18-11-15/h3-8,10-13,19H,9H2,1-2H3. The van der Waals surface area contributed by atoms with Crippen molar-refractivity contribution >= 4 is 11.6 Å². The highest BCUT2D eigenvalue weighted by Gasteiger charge is 2.10. The molecule has 2 nitrogen and oxygen atoms in total. The number of pyridine rings is 1. The predicted octanol–water partition coefficient (Wildman–Crippen LogP) is 4.02. The highest BCUT2D eigenvalue weighted by atomic mass is 35.5. The Morgan fingerprint density at radius 3 is 2.74 bits per heavy atom. The molecule has 0 radical (unpaired) electrons. The summed E-state index contributed by atoms with van der Waals surface area (Å²) in [6.07, 6.45) is 4.67. The number of hydrogen-bond acceptors (Lipinski definition) is 2. The smallest absolute Gasteiger partial charge is 0.0408 e. The second-order valence-corrected chi connectivity index (χ2v) is 5.35. The van der Waals surface area contributed by atoms with Crippen molar-refractivity contribution in [1.82, 2.24) is 10.3 Å². The Kier molecular flexibility index (Phi) is 4.94. The highest BCUT2D eigenvalue weighted by Crippen LogP contribution is 2.15. The van der Waals surface area contributed by atoms with Gasteiger partial charge in [-0.2, -0.15) is 0 Å². The number of nitrogens with zero attached hydrogens (tertiary/aromatic N) is 1. The van der Waals surface area contributed by atoms with Crippen LogP contribution in [0.4, 0.5) is 0 Å². The Bertz CT molecular complexity index is 513.